The maximum absolute atomic E-state index is 12.7. The molecule has 1 heterocycles. The smallest absolute Gasteiger partial charge is 0.335 e. The second kappa shape index (κ2) is 6.51. The highest BCUT2D eigenvalue weighted by Gasteiger charge is 2.34. The summed E-state index contributed by atoms with van der Waals surface area (Å²) >= 11 is 0. The Hall–Kier alpha value is -2.56. The third-order valence-corrected chi connectivity index (χ3v) is 4.74. The van der Waals surface area contributed by atoms with Crippen LogP contribution in [0.2, 0.25) is 0 Å². The van der Waals surface area contributed by atoms with Gasteiger partial charge in [-0.1, -0.05) is 18.2 Å². The Bertz CT molecular complexity index is 760. The molecular formula is C19H21NO4. The summed E-state index contributed by atoms with van der Waals surface area (Å²) < 4.78 is 10.2. The third-order valence-electron chi connectivity index (χ3n) is 4.74. The highest BCUT2D eigenvalue weighted by molar-refractivity contribution is 6.01. The molecule has 1 aliphatic carbocycles. The third kappa shape index (κ3) is 2.82. The minimum Gasteiger partial charge on any atom is -0.496 e. The molecule has 0 aromatic heterocycles. The van der Waals surface area contributed by atoms with Crippen molar-refractivity contribution < 1.29 is 19.1 Å². The summed E-state index contributed by atoms with van der Waals surface area (Å²) in [4.78, 5) is 24.5. The number of carbonyl (C=O) groups is 2. The lowest BCUT2D eigenvalue weighted by molar-refractivity contribution is -0.136. The molecule has 5 nitrogen and oxygen atoms in total. The predicted molar refractivity (Wildman–Crippen MR) is 89.5 cm³/mol. The van der Waals surface area contributed by atoms with Gasteiger partial charge >= 0.3 is 5.97 Å². The number of hydrogen-bond donors (Lipinski definition) is 1. The fourth-order valence-corrected chi connectivity index (χ4v) is 3.47. The summed E-state index contributed by atoms with van der Waals surface area (Å²) in [6.45, 7) is 1.84. The van der Waals surface area contributed by atoms with E-state index >= 15 is 0 Å². The van der Waals surface area contributed by atoms with E-state index in [1.54, 1.807) is 7.11 Å². The average molecular weight is 327 g/mol. The molecule has 0 spiro atoms. The summed E-state index contributed by atoms with van der Waals surface area (Å²) in [7, 11) is 3.00. The van der Waals surface area contributed by atoms with Crippen molar-refractivity contribution >= 4 is 11.8 Å². The van der Waals surface area contributed by atoms with Crippen LogP contribution in [0, 0.1) is 0 Å². The molecule has 1 aromatic rings. The van der Waals surface area contributed by atoms with Crippen molar-refractivity contribution in [2.24, 2.45) is 0 Å². The van der Waals surface area contributed by atoms with Crippen molar-refractivity contribution in [3.8, 4) is 5.75 Å². The molecule has 2 aliphatic rings. The molecule has 1 N–H and O–H groups in total. The first kappa shape index (κ1) is 16.3. The Morgan fingerprint density at radius 2 is 1.96 bits per heavy atom. The largest absolute Gasteiger partial charge is 0.496 e. The zero-order valence-corrected chi connectivity index (χ0v) is 14.1. The van der Waals surface area contributed by atoms with Gasteiger partial charge in [0.05, 0.1) is 19.8 Å². The standard InChI is InChI=1S/C19H21NO4/c1-11-14(19(22)24-3)10-15-16(20-11)8-12(9-17(15)21)13-6-4-5-7-18(13)23-2/h4-7,12,20H,8-10H2,1-3H3/t12-/m1/s1. The van der Waals surface area contributed by atoms with Crippen LogP contribution in [-0.2, 0) is 14.3 Å². The zero-order valence-electron chi connectivity index (χ0n) is 14.1. The lowest BCUT2D eigenvalue weighted by Gasteiger charge is -2.32. The van der Waals surface area contributed by atoms with Crippen LogP contribution in [0.4, 0.5) is 0 Å². The van der Waals surface area contributed by atoms with E-state index in [4.69, 9.17) is 9.47 Å². The van der Waals surface area contributed by atoms with Gasteiger partial charge in [-0.25, -0.2) is 4.79 Å². The quantitative estimate of drug-likeness (QED) is 0.865. The molecule has 0 saturated heterocycles. The number of methoxy groups -OCH3 is 2. The molecule has 0 unspecified atom stereocenters. The average Bonchev–Trinajstić information content (AvgIpc) is 2.60. The van der Waals surface area contributed by atoms with Gasteiger partial charge in [-0.05, 0) is 25.0 Å². The van der Waals surface area contributed by atoms with Gasteiger partial charge in [-0.2, -0.15) is 0 Å². The van der Waals surface area contributed by atoms with Crippen LogP contribution in [0.1, 0.15) is 37.7 Å². The first-order valence-electron chi connectivity index (χ1n) is 7.98. The van der Waals surface area contributed by atoms with E-state index in [1.165, 1.54) is 7.11 Å². The molecule has 0 fully saturated rings. The molecule has 0 saturated carbocycles. The Morgan fingerprint density at radius 1 is 1.21 bits per heavy atom. The van der Waals surface area contributed by atoms with Gasteiger partial charge in [-0.15, -0.1) is 0 Å². The summed E-state index contributed by atoms with van der Waals surface area (Å²) in [5, 5.41) is 3.25. The monoisotopic (exact) mass is 327 g/mol. The number of ether oxygens (including phenoxy) is 2. The highest BCUT2D eigenvalue weighted by Crippen LogP contribution is 2.41. The van der Waals surface area contributed by atoms with Gasteiger partial charge in [0.15, 0.2) is 5.78 Å². The number of nitrogens with one attached hydrogen (secondary N) is 1. The lowest BCUT2D eigenvalue weighted by atomic mass is 9.78. The number of hydrogen-bond acceptors (Lipinski definition) is 5. The van der Waals surface area contributed by atoms with Crippen LogP contribution in [0.5, 0.6) is 5.75 Å². The Morgan fingerprint density at radius 3 is 2.67 bits per heavy atom. The van der Waals surface area contributed by atoms with Crippen LogP contribution >= 0.6 is 0 Å². The molecule has 5 heteroatoms. The van der Waals surface area contributed by atoms with Gasteiger partial charge in [0.1, 0.15) is 5.75 Å². The molecular weight excluding hydrogens is 306 g/mol. The van der Waals surface area contributed by atoms with Gasteiger partial charge in [-0.3, -0.25) is 4.79 Å². The van der Waals surface area contributed by atoms with Crippen molar-refractivity contribution in [3.63, 3.8) is 0 Å². The van der Waals surface area contributed by atoms with E-state index in [0.29, 0.717) is 24.0 Å². The van der Waals surface area contributed by atoms with Crippen molar-refractivity contribution in [2.45, 2.75) is 32.1 Å². The first-order chi connectivity index (χ1) is 11.5. The van der Waals surface area contributed by atoms with E-state index in [2.05, 4.69) is 5.32 Å². The van der Waals surface area contributed by atoms with E-state index in [1.807, 2.05) is 31.2 Å². The normalized spacial score (nSPS) is 20.5. The van der Waals surface area contributed by atoms with E-state index in [-0.39, 0.29) is 17.7 Å². The van der Waals surface area contributed by atoms with Crippen LogP contribution in [-0.4, -0.2) is 26.0 Å². The summed E-state index contributed by atoms with van der Waals surface area (Å²) in [6, 6.07) is 7.80. The van der Waals surface area contributed by atoms with Crippen molar-refractivity contribution in [1.29, 1.82) is 0 Å². The van der Waals surface area contributed by atoms with Gasteiger partial charge in [0, 0.05) is 35.7 Å². The fourth-order valence-electron chi connectivity index (χ4n) is 3.47. The Labute approximate surface area is 141 Å². The topological polar surface area (TPSA) is 64.6 Å². The van der Waals surface area contributed by atoms with E-state index in [0.717, 1.165) is 29.1 Å². The molecule has 0 amide bonds. The van der Waals surface area contributed by atoms with Gasteiger partial charge < -0.3 is 14.8 Å². The molecule has 126 valence electrons. The molecule has 24 heavy (non-hydrogen) atoms. The second-order valence-electron chi connectivity index (χ2n) is 6.12. The second-order valence-corrected chi connectivity index (χ2v) is 6.12. The molecule has 1 aliphatic heterocycles. The molecule has 1 atom stereocenters. The lowest BCUT2D eigenvalue weighted by Crippen LogP contribution is -2.31. The van der Waals surface area contributed by atoms with E-state index in [9.17, 15) is 9.59 Å². The highest BCUT2D eigenvalue weighted by atomic mass is 16.5. The maximum atomic E-state index is 12.7. The minimum atomic E-state index is -0.383. The van der Waals surface area contributed by atoms with Crippen LogP contribution in [0.15, 0.2) is 46.8 Å². The number of esters is 1. The van der Waals surface area contributed by atoms with Gasteiger partial charge in [0.25, 0.3) is 0 Å². The predicted octanol–water partition coefficient (Wildman–Crippen LogP) is 2.84. The first-order valence-corrected chi connectivity index (χ1v) is 7.98. The Kier molecular flexibility index (Phi) is 4.42. The number of dihydropyridines is 1. The molecule has 3 rings (SSSR count). The molecule has 0 radical (unpaired) electrons. The fraction of sp³-hybridized carbons (Fsp3) is 0.368. The summed E-state index contributed by atoms with van der Waals surface area (Å²) in [5.41, 5.74) is 3.94. The van der Waals surface area contributed by atoms with Crippen molar-refractivity contribution in [1.82, 2.24) is 5.32 Å². The number of para-hydroxylation sites is 1. The number of allylic oxidation sites excluding steroid dienone is 3. The minimum absolute atomic E-state index is 0.0763. The summed E-state index contributed by atoms with van der Waals surface area (Å²) in [5.74, 6) is 0.574. The Balaban J connectivity index is 1.89. The van der Waals surface area contributed by atoms with Crippen LogP contribution in [0.25, 0.3) is 0 Å². The van der Waals surface area contributed by atoms with Crippen LogP contribution in [0.3, 0.4) is 0 Å². The molecule has 1 aromatic carbocycles. The number of rotatable bonds is 3. The van der Waals surface area contributed by atoms with Crippen molar-refractivity contribution in [2.75, 3.05) is 14.2 Å². The number of benzene rings is 1. The van der Waals surface area contributed by atoms with Crippen molar-refractivity contribution in [3.05, 3.63) is 52.4 Å². The number of Topliss-reactive ketones (excluding diaryl/α,β-unsaturated/α-hetero) is 1. The summed E-state index contributed by atoms with van der Waals surface area (Å²) in [6.07, 6.45) is 1.50. The number of ketones is 1. The van der Waals surface area contributed by atoms with Crippen LogP contribution < -0.4 is 10.1 Å². The molecule has 0 bridgehead atoms. The zero-order chi connectivity index (χ0) is 17.3. The SMILES string of the molecule is COC(=O)C1=C(C)NC2=C(C1)C(=O)C[C@H](c1ccccc1OC)C2. The van der Waals surface area contributed by atoms with E-state index < -0.39 is 0 Å². The van der Waals surface area contributed by atoms with Gasteiger partial charge in [0.2, 0.25) is 0 Å². The number of carbonyl (C=O) groups excluding carboxylic acids is 2. The maximum Gasteiger partial charge on any atom is 0.335 e.